The third-order valence-electron chi connectivity index (χ3n) is 18.0. The number of ether oxygens (including phenoxy) is 4. The Labute approximate surface area is 581 Å². The van der Waals surface area contributed by atoms with Crippen molar-refractivity contribution < 1.29 is 80.2 Å². The van der Waals surface area contributed by atoms with Crippen molar-refractivity contribution in [2.45, 2.75) is 407 Å². The average Bonchev–Trinajstić information content (AvgIpc) is 1.87. The van der Waals surface area contributed by atoms with E-state index in [-0.39, 0.29) is 25.7 Å². The van der Waals surface area contributed by atoms with Crippen LogP contribution in [0.2, 0.25) is 0 Å². The summed E-state index contributed by atoms with van der Waals surface area (Å²) in [4.78, 5) is 72.7. The van der Waals surface area contributed by atoms with E-state index < -0.39 is 97.5 Å². The highest BCUT2D eigenvalue weighted by atomic mass is 31.2. The van der Waals surface area contributed by atoms with E-state index in [1.807, 2.05) is 0 Å². The first-order valence-corrected chi connectivity index (χ1v) is 42.4. The number of unbranched alkanes of at least 4 members (excludes halogenated alkanes) is 41. The molecule has 0 aliphatic rings. The molecule has 564 valence electrons. The van der Waals surface area contributed by atoms with Crippen LogP contribution in [0, 0.1) is 17.8 Å². The van der Waals surface area contributed by atoms with E-state index >= 15 is 0 Å². The van der Waals surface area contributed by atoms with Crippen LogP contribution in [-0.4, -0.2) is 96.7 Å². The summed E-state index contributed by atoms with van der Waals surface area (Å²) < 4.78 is 68.4. The molecule has 0 heterocycles. The topological polar surface area (TPSA) is 237 Å². The van der Waals surface area contributed by atoms with Crippen molar-refractivity contribution >= 4 is 39.5 Å². The second-order valence-corrected chi connectivity index (χ2v) is 31.5. The molecule has 0 aromatic heterocycles. The van der Waals surface area contributed by atoms with Gasteiger partial charge in [0.25, 0.3) is 0 Å². The van der Waals surface area contributed by atoms with Gasteiger partial charge in [0.2, 0.25) is 0 Å². The Bertz CT molecular complexity index is 1850. The normalized spacial score (nSPS) is 14.4. The van der Waals surface area contributed by atoms with Crippen LogP contribution < -0.4 is 0 Å². The molecule has 17 nitrogen and oxygen atoms in total. The van der Waals surface area contributed by atoms with Crippen molar-refractivity contribution in [3.8, 4) is 0 Å². The molecule has 6 atom stereocenters. The first-order chi connectivity index (χ1) is 45.8. The standard InChI is InChI=1S/C76H148O17P2/c1-8-10-11-12-13-14-23-31-36-45-52-59-75(80)93-72(64-87-74(79)58-51-44-39-38-41-48-55-68(5)6)66-91-95(84,85)89-62-70(77)61-88-94(82,83)90-65-71(63-86-73(78)57-50-43-35-30-27-26-29-34-42-49-56-69(7)9-2)92-76(81)60-53-46-37-32-25-22-20-18-16-15-17-19-21-24-28-33-40-47-54-67(3)4/h67-72,77H,8-66H2,1-7H3,(H,82,83)(H,84,85)/t69?,70-,71-,72-/m1/s1. The number of carbonyl (C=O) groups excluding carboxylic acids is 4. The molecule has 0 bridgehead atoms. The Morgan fingerprint density at radius 1 is 0.305 bits per heavy atom. The molecular weight excluding hydrogens is 1250 g/mol. The number of phosphoric ester groups is 2. The van der Waals surface area contributed by atoms with Crippen LogP contribution >= 0.6 is 15.6 Å². The highest BCUT2D eigenvalue weighted by Gasteiger charge is 2.30. The quantitative estimate of drug-likeness (QED) is 0.0222. The molecule has 0 rings (SSSR count). The summed E-state index contributed by atoms with van der Waals surface area (Å²) in [7, 11) is -9.91. The van der Waals surface area contributed by atoms with E-state index in [1.165, 1.54) is 193 Å². The van der Waals surface area contributed by atoms with Crippen molar-refractivity contribution in [1.29, 1.82) is 0 Å². The number of phosphoric acid groups is 2. The average molecular weight is 1400 g/mol. The summed E-state index contributed by atoms with van der Waals surface area (Å²) in [5.41, 5.74) is 0. The minimum absolute atomic E-state index is 0.106. The van der Waals surface area contributed by atoms with Gasteiger partial charge in [-0.25, -0.2) is 9.13 Å². The van der Waals surface area contributed by atoms with Gasteiger partial charge in [-0.05, 0) is 43.4 Å². The van der Waals surface area contributed by atoms with E-state index in [2.05, 4.69) is 48.5 Å². The van der Waals surface area contributed by atoms with Crippen LogP contribution in [0.1, 0.15) is 389 Å². The molecular formula is C76H148O17P2. The van der Waals surface area contributed by atoms with Gasteiger partial charge in [0.15, 0.2) is 12.2 Å². The molecule has 0 saturated carbocycles. The van der Waals surface area contributed by atoms with Gasteiger partial charge in [-0.1, -0.05) is 337 Å². The largest absolute Gasteiger partial charge is 0.472 e. The summed E-state index contributed by atoms with van der Waals surface area (Å²) in [5, 5.41) is 10.6. The van der Waals surface area contributed by atoms with Gasteiger partial charge >= 0.3 is 39.5 Å². The van der Waals surface area contributed by atoms with Crippen molar-refractivity contribution in [3.05, 3.63) is 0 Å². The van der Waals surface area contributed by atoms with Crippen molar-refractivity contribution in [2.75, 3.05) is 39.6 Å². The minimum Gasteiger partial charge on any atom is -0.462 e. The van der Waals surface area contributed by atoms with Gasteiger partial charge < -0.3 is 33.8 Å². The molecule has 95 heavy (non-hydrogen) atoms. The minimum atomic E-state index is -4.96. The Morgan fingerprint density at radius 2 is 0.537 bits per heavy atom. The Morgan fingerprint density at radius 3 is 0.800 bits per heavy atom. The molecule has 0 amide bonds. The van der Waals surface area contributed by atoms with Gasteiger partial charge in [0.1, 0.15) is 19.3 Å². The van der Waals surface area contributed by atoms with Crippen molar-refractivity contribution in [3.63, 3.8) is 0 Å². The van der Waals surface area contributed by atoms with Crippen LogP contribution in [0.4, 0.5) is 0 Å². The number of hydrogen-bond acceptors (Lipinski definition) is 15. The van der Waals surface area contributed by atoms with Crippen LogP contribution in [0.3, 0.4) is 0 Å². The molecule has 3 unspecified atom stereocenters. The third kappa shape index (κ3) is 69.0. The van der Waals surface area contributed by atoms with E-state index in [1.54, 1.807) is 0 Å². The van der Waals surface area contributed by atoms with Gasteiger partial charge in [-0.15, -0.1) is 0 Å². The number of aliphatic hydroxyl groups excluding tert-OH is 1. The summed E-state index contributed by atoms with van der Waals surface area (Å²) in [5.74, 6) is 0.190. The Balaban J connectivity index is 5.20. The lowest BCUT2D eigenvalue weighted by Crippen LogP contribution is -2.30. The Hall–Kier alpha value is -1.94. The van der Waals surface area contributed by atoms with Crippen LogP contribution in [0.15, 0.2) is 0 Å². The highest BCUT2D eigenvalue weighted by Crippen LogP contribution is 2.45. The Kier molecular flexibility index (Phi) is 65.2. The van der Waals surface area contributed by atoms with Gasteiger partial charge in [-0.3, -0.25) is 37.3 Å². The molecule has 0 aromatic carbocycles. The number of esters is 4. The second kappa shape index (κ2) is 66.6. The predicted octanol–water partition coefficient (Wildman–Crippen LogP) is 22.2. The zero-order chi connectivity index (χ0) is 70.1. The summed E-state index contributed by atoms with van der Waals surface area (Å²) in [6.45, 7) is 11.9. The SMILES string of the molecule is CCCCCCCCCCCCCC(=O)O[C@H](COC(=O)CCCCCCCCC(C)C)COP(=O)(O)OC[C@H](O)COP(=O)(O)OC[C@@H](COC(=O)CCCCCCCCCCCCC(C)CC)OC(=O)CCCCCCCCCCCCCCCCCCCCC(C)C. The predicted molar refractivity (Wildman–Crippen MR) is 386 cm³/mol. The first kappa shape index (κ1) is 93.1. The fourth-order valence-corrected chi connectivity index (χ4v) is 13.1. The maximum atomic E-state index is 13.1. The molecule has 0 aromatic rings. The van der Waals surface area contributed by atoms with Crippen LogP contribution in [-0.2, 0) is 65.4 Å². The van der Waals surface area contributed by atoms with E-state index in [4.69, 9.17) is 37.0 Å². The van der Waals surface area contributed by atoms with E-state index in [0.717, 1.165) is 108 Å². The monoisotopic (exact) mass is 1400 g/mol. The summed E-state index contributed by atoms with van der Waals surface area (Å²) in [6, 6.07) is 0. The molecule has 0 radical (unpaired) electrons. The van der Waals surface area contributed by atoms with E-state index in [0.29, 0.717) is 31.6 Å². The lowest BCUT2D eigenvalue weighted by Gasteiger charge is -2.21. The van der Waals surface area contributed by atoms with E-state index in [9.17, 15) is 43.2 Å². The van der Waals surface area contributed by atoms with Gasteiger partial charge in [-0.2, -0.15) is 0 Å². The maximum Gasteiger partial charge on any atom is 0.472 e. The fourth-order valence-electron chi connectivity index (χ4n) is 11.6. The molecule has 0 spiro atoms. The molecule has 19 heteroatoms. The smallest absolute Gasteiger partial charge is 0.462 e. The zero-order valence-corrected chi connectivity index (χ0v) is 63.9. The van der Waals surface area contributed by atoms with Crippen molar-refractivity contribution in [2.24, 2.45) is 17.8 Å². The summed E-state index contributed by atoms with van der Waals surface area (Å²) in [6.07, 6.45) is 52.9. The van der Waals surface area contributed by atoms with Crippen molar-refractivity contribution in [1.82, 2.24) is 0 Å². The lowest BCUT2D eigenvalue weighted by atomic mass is 9.99. The first-order valence-electron chi connectivity index (χ1n) is 39.4. The van der Waals surface area contributed by atoms with Gasteiger partial charge in [0, 0.05) is 25.7 Å². The molecule has 0 aliphatic carbocycles. The molecule has 3 N–H and O–H groups in total. The highest BCUT2D eigenvalue weighted by molar-refractivity contribution is 7.47. The number of aliphatic hydroxyl groups is 1. The number of hydrogen-bond donors (Lipinski definition) is 3. The lowest BCUT2D eigenvalue weighted by molar-refractivity contribution is -0.161. The van der Waals surface area contributed by atoms with Crippen LogP contribution in [0.5, 0.6) is 0 Å². The maximum absolute atomic E-state index is 13.1. The fraction of sp³-hybridized carbons (Fsp3) is 0.947. The third-order valence-corrected chi connectivity index (χ3v) is 19.9. The van der Waals surface area contributed by atoms with Crippen LogP contribution in [0.25, 0.3) is 0 Å². The number of carbonyl (C=O) groups is 4. The summed E-state index contributed by atoms with van der Waals surface area (Å²) >= 11 is 0. The molecule has 0 saturated heterocycles. The van der Waals surface area contributed by atoms with Gasteiger partial charge in [0.05, 0.1) is 26.4 Å². The number of rotatable bonds is 74. The molecule has 0 aliphatic heterocycles. The second-order valence-electron chi connectivity index (χ2n) is 28.6. The zero-order valence-electron chi connectivity index (χ0n) is 62.1. The molecule has 0 fully saturated rings.